The summed E-state index contributed by atoms with van der Waals surface area (Å²) >= 11 is 7.44. The minimum absolute atomic E-state index is 0.00206. The Labute approximate surface area is 173 Å². The van der Waals surface area contributed by atoms with E-state index in [1.165, 1.54) is 7.11 Å². The number of benzene rings is 1. The van der Waals surface area contributed by atoms with Gasteiger partial charge in [-0.2, -0.15) is 0 Å². The van der Waals surface area contributed by atoms with Crippen LogP contribution < -0.4 is 0 Å². The first-order valence-electron chi connectivity index (χ1n) is 9.26. The number of esters is 1. The van der Waals surface area contributed by atoms with Crippen LogP contribution >= 0.6 is 23.6 Å². The number of thiophene rings is 1. The van der Waals surface area contributed by atoms with Gasteiger partial charge in [0.2, 0.25) is 4.77 Å². The van der Waals surface area contributed by atoms with Crippen LogP contribution in [0.2, 0.25) is 0 Å². The van der Waals surface area contributed by atoms with Crippen molar-refractivity contribution in [3.8, 4) is 16.4 Å². The summed E-state index contributed by atoms with van der Waals surface area (Å²) < 4.78 is 9.46. The van der Waals surface area contributed by atoms with Crippen molar-refractivity contribution in [3.05, 3.63) is 52.6 Å². The lowest BCUT2D eigenvalue weighted by molar-refractivity contribution is -0.147. The van der Waals surface area contributed by atoms with Gasteiger partial charge < -0.3 is 4.74 Å². The Kier molecular flexibility index (Phi) is 5.70. The van der Waals surface area contributed by atoms with Crippen molar-refractivity contribution in [2.24, 2.45) is 5.92 Å². The predicted molar refractivity (Wildman–Crippen MR) is 112 cm³/mol. The van der Waals surface area contributed by atoms with Gasteiger partial charge in [-0.1, -0.05) is 24.3 Å². The Balaban J connectivity index is 1.61. The Morgan fingerprint density at radius 1 is 1.21 bits per heavy atom. The number of ether oxygens (including phenoxy) is 1. The van der Waals surface area contributed by atoms with Gasteiger partial charge in [-0.05, 0) is 48.6 Å². The standard InChI is InChI=1S/C20H22N4O2S2/c1-26-19(25)15-9-11-22(12-10-15)14-23-20(27)24(16-6-3-2-4-7-16)18(21-23)17-8-5-13-28-17/h2-8,13,15H,9-12,14H2,1H3. The maximum absolute atomic E-state index is 11.7. The lowest BCUT2D eigenvalue weighted by Crippen LogP contribution is -2.38. The lowest BCUT2D eigenvalue weighted by Gasteiger charge is -2.30. The van der Waals surface area contributed by atoms with Crippen LogP contribution in [-0.2, 0) is 16.2 Å². The lowest BCUT2D eigenvalue weighted by atomic mass is 9.97. The molecule has 1 saturated heterocycles. The third-order valence-corrected chi connectivity index (χ3v) is 6.31. The molecule has 1 fully saturated rings. The molecule has 146 valence electrons. The Bertz CT molecular complexity index is 987. The SMILES string of the molecule is COC(=O)C1CCN(Cn2nc(-c3cccs3)n(-c3ccccc3)c2=S)CC1. The molecule has 0 bridgehead atoms. The van der Waals surface area contributed by atoms with Gasteiger partial charge in [-0.25, -0.2) is 4.68 Å². The molecule has 8 heteroatoms. The van der Waals surface area contributed by atoms with Crippen molar-refractivity contribution in [2.45, 2.75) is 19.5 Å². The van der Waals surface area contributed by atoms with Gasteiger partial charge in [0.05, 0.1) is 24.6 Å². The van der Waals surface area contributed by atoms with Crippen molar-refractivity contribution in [1.29, 1.82) is 0 Å². The first-order chi connectivity index (χ1) is 13.7. The molecule has 0 spiro atoms. The fraction of sp³-hybridized carbons (Fsp3) is 0.350. The van der Waals surface area contributed by atoms with Crippen molar-refractivity contribution in [1.82, 2.24) is 19.2 Å². The second kappa shape index (κ2) is 8.38. The Morgan fingerprint density at radius 2 is 1.96 bits per heavy atom. The van der Waals surface area contributed by atoms with Crippen LogP contribution in [0, 0.1) is 10.7 Å². The van der Waals surface area contributed by atoms with Gasteiger partial charge in [-0.3, -0.25) is 14.3 Å². The largest absolute Gasteiger partial charge is 0.469 e. The van der Waals surface area contributed by atoms with Crippen LogP contribution in [0.25, 0.3) is 16.4 Å². The maximum atomic E-state index is 11.7. The zero-order valence-corrected chi connectivity index (χ0v) is 17.3. The van der Waals surface area contributed by atoms with Crippen molar-refractivity contribution < 1.29 is 9.53 Å². The number of carbonyl (C=O) groups excluding carboxylic acids is 1. The highest BCUT2D eigenvalue weighted by atomic mass is 32.1. The number of rotatable bonds is 5. The van der Waals surface area contributed by atoms with E-state index in [2.05, 4.69) is 11.0 Å². The molecule has 0 unspecified atom stereocenters. The van der Waals surface area contributed by atoms with E-state index in [0.29, 0.717) is 11.4 Å². The normalized spacial score (nSPS) is 15.6. The summed E-state index contributed by atoms with van der Waals surface area (Å²) in [5.74, 6) is 0.748. The van der Waals surface area contributed by atoms with Gasteiger partial charge in [0.15, 0.2) is 5.82 Å². The van der Waals surface area contributed by atoms with E-state index in [0.717, 1.165) is 42.3 Å². The zero-order chi connectivity index (χ0) is 19.5. The van der Waals surface area contributed by atoms with Crippen molar-refractivity contribution in [2.75, 3.05) is 20.2 Å². The number of para-hydroxylation sites is 1. The second-order valence-corrected chi connectivity index (χ2v) is 8.12. The molecule has 28 heavy (non-hydrogen) atoms. The summed E-state index contributed by atoms with van der Waals surface area (Å²) in [5.41, 5.74) is 1.01. The fourth-order valence-corrected chi connectivity index (χ4v) is 4.53. The molecule has 0 radical (unpaired) electrons. The first kappa shape index (κ1) is 19.0. The van der Waals surface area contributed by atoms with E-state index in [-0.39, 0.29) is 11.9 Å². The summed E-state index contributed by atoms with van der Waals surface area (Å²) in [7, 11) is 1.45. The van der Waals surface area contributed by atoms with Gasteiger partial charge >= 0.3 is 5.97 Å². The number of carbonyl (C=O) groups is 1. The summed E-state index contributed by atoms with van der Waals surface area (Å²) in [6, 6.07) is 14.2. The summed E-state index contributed by atoms with van der Waals surface area (Å²) in [6.07, 6.45) is 1.61. The van der Waals surface area contributed by atoms with Crippen molar-refractivity contribution >= 4 is 29.5 Å². The van der Waals surface area contributed by atoms with Crippen molar-refractivity contribution in [3.63, 3.8) is 0 Å². The van der Waals surface area contributed by atoms with E-state index in [9.17, 15) is 4.79 Å². The van der Waals surface area contributed by atoms with E-state index in [1.807, 2.05) is 51.0 Å². The van der Waals surface area contributed by atoms with Gasteiger partial charge in [0.25, 0.3) is 0 Å². The Hall–Kier alpha value is -2.29. The minimum atomic E-state index is -0.107. The number of likely N-dealkylation sites (tertiary alicyclic amines) is 1. The van der Waals surface area contributed by atoms with E-state index in [4.69, 9.17) is 22.1 Å². The van der Waals surface area contributed by atoms with Crippen LogP contribution in [0.1, 0.15) is 12.8 Å². The number of hydrogen-bond acceptors (Lipinski definition) is 6. The number of nitrogens with zero attached hydrogens (tertiary/aromatic N) is 4. The van der Waals surface area contributed by atoms with E-state index < -0.39 is 0 Å². The molecule has 6 nitrogen and oxygen atoms in total. The molecular weight excluding hydrogens is 392 g/mol. The third-order valence-electron chi connectivity index (χ3n) is 5.05. The smallest absolute Gasteiger partial charge is 0.308 e. The van der Waals surface area contributed by atoms with Crippen LogP contribution in [0.4, 0.5) is 0 Å². The second-order valence-electron chi connectivity index (χ2n) is 6.81. The van der Waals surface area contributed by atoms with Gasteiger partial charge in [-0.15, -0.1) is 16.4 Å². The molecule has 0 atom stereocenters. The minimum Gasteiger partial charge on any atom is -0.469 e. The molecule has 0 N–H and O–H groups in total. The molecule has 0 aliphatic carbocycles. The third kappa shape index (κ3) is 3.80. The number of aromatic nitrogens is 3. The molecule has 1 aliphatic heterocycles. The van der Waals surface area contributed by atoms with Crippen LogP contribution in [-0.4, -0.2) is 45.4 Å². The molecule has 0 amide bonds. The highest BCUT2D eigenvalue weighted by Crippen LogP contribution is 2.27. The molecule has 3 heterocycles. The molecule has 2 aromatic heterocycles. The molecule has 3 aromatic rings. The first-order valence-corrected chi connectivity index (χ1v) is 10.6. The zero-order valence-electron chi connectivity index (χ0n) is 15.7. The Morgan fingerprint density at radius 3 is 2.61 bits per heavy atom. The number of methoxy groups -OCH3 is 1. The van der Waals surface area contributed by atoms with Crippen LogP contribution in [0.15, 0.2) is 47.8 Å². The van der Waals surface area contributed by atoms with E-state index in [1.54, 1.807) is 11.3 Å². The topological polar surface area (TPSA) is 52.3 Å². The fourth-order valence-electron chi connectivity index (χ4n) is 3.54. The average molecular weight is 415 g/mol. The predicted octanol–water partition coefficient (Wildman–Crippen LogP) is 3.97. The molecule has 1 aromatic carbocycles. The average Bonchev–Trinajstić information content (AvgIpc) is 3.37. The summed E-state index contributed by atoms with van der Waals surface area (Å²) in [6.45, 7) is 2.27. The van der Waals surface area contributed by atoms with Crippen LogP contribution in [0.5, 0.6) is 0 Å². The van der Waals surface area contributed by atoms with Gasteiger partial charge in [0, 0.05) is 18.8 Å². The maximum Gasteiger partial charge on any atom is 0.308 e. The summed E-state index contributed by atoms with van der Waals surface area (Å²) in [4.78, 5) is 15.1. The molecular formula is C20H22N4O2S2. The number of piperidine rings is 1. The van der Waals surface area contributed by atoms with Crippen LogP contribution in [0.3, 0.4) is 0 Å². The summed E-state index contributed by atoms with van der Waals surface area (Å²) in [5, 5.41) is 6.89. The monoisotopic (exact) mass is 414 g/mol. The van der Waals surface area contributed by atoms with E-state index >= 15 is 0 Å². The molecule has 4 rings (SSSR count). The quantitative estimate of drug-likeness (QED) is 0.467. The number of hydrogen-bond donors (Lipinski definition) is 0. The van der Waals surface area contributed by atoms with Gasteiger partial charge in [0.1, 0.15) is 0 Å². The molecule has 0 saturated carbocycles. The highest BCUT2D eigenvalue weighted by Gasteiger charge is 2.26. The molecule has 1 aliphatic rings. The highest BCUT2D eigenvalue weighted by molar-refractivity contribution is 7.71.